The molecule has 0 aliphatic carbocycles. The van der Waals surface area contributed by atoms with E-state index in [0.29, 0.717) is 17.7 Å². The number of para-hydroxylation sites is 2. The maximum absolute atomic E-state index is 12.9. The lowest BCUT2D eigenvalue weighted by Crippen LogP contribution is -2.41. The standard InChI is InChI=1S/C18H15NO4/c20-17(16-9-11-5-1-4-8-15(11)23-16)19-10-13(18(21)22)12-6-2-3-7-14(12)19/h1-8,13,16H,9-10H2,(H,21,22). The van der Waals surface area contributed by atoms with Gasteiger partial charge in [0.1, 0.15) is 11.7 Å². The lowest BCUT2D eigenvalue weighted by Gasteiger charge is -2.21. The Bertz CT molecular complexity index is 776. The second-order valence-electron chi connectivity index (χ2n) is 5.82. The first-order valence-electron chi connectivity index (χ1n) is 7.53. The topological polar surface area (TPSA) is 66.8 Å². The van der Waals surface area contributed by atoms with E-state index in [9.17, 15) is 14.7 Å². The van der Waals surface area contributed by atoms with Crippen LogP contribution in [0.4, 0.5) is 5.69 Å². The van der Waals surface area contributed by atoms with Gasteiger partial charge in [0.15, 0.2) is 6.10 Å². The number of nitrogens with zero attached hydrogens (tertiary/aromatic N) is 1. The van der Waals surface area contributed by atoms with Gasteiger partial charge < -0.3 is 14.7 Å². The maximum Gasteiger partial charge on any atom is 0.312 e. The summed E-state index contributed by atoms with van der Waals surface area (Å²) in [5.41, 5.74) is 2.36. The van der Waals surface area contributed by atoms with Crippen LogP contribution in [-0.4, -0.2) is 29.6 Å². The van der Waals surface area contributed by atoms with E-state index in [1.165, 1.54) is 0 Å². The molecule has 0 fully saturated rings. The van der Waals surface area contributed by atoms with Gasteiger partial charge in [0, 0.05) is 18.7 Å². The summed E-state index contributed by atoms with van der Waals surface area (Å²) in [6.45, 7) is 0.156. The number of rotatable bonds is 2. The third-order valence-electron chi connectivity index (χ3n) is 4.45. The van der Waals surface area contributed by atoms with Crippen LogP contribution in [0.25, 0.3) is 0 Å². The van der Waals surface area contributed by atoms with Crippen LogP contribution in [0.3, 0.4) is 0 Å². The van der Waals surface area contributed by atoms with Gasteiger partial charge in [-0.1, -0.05) is 36.4 Å². The van der Waals surface area contributed by atoms with Gasteiger partial charge in [-0.15, -0.1) is 0 Å². The third-order valence-corrected chi connectivity index (χ3v) is 4.45. The Hall–Kier alpha value is -2.82. The smallest absolute Gasteiger partial charge is 0.312 e. The van der Waals surface area contributed by atoms with E-state index in [1.54, 1.807) is 23.1 Å². The van der Waals surface area contributed by atoms with Crippen LogP contribution in [0.5, 0.6) is 5.75 Å². The van der Waals surface area contributed by atoms with Gasteiger partial charge in [0.25, 0.3) is 5.91 Å². The zero-order valence-electron chi connectivity index (χ0n) is 12.3. The van der Waals surface area contributed by atoms with Crippen LogP contribution in [-0.2, 0) is 16.0 Å². The molecule has 2 heterocycles. The minimum Gasteiger partial charge on any atom is -0.481 e. The first-order chi connectivity index (χ1) is 11.1. The van der Waals surface area contributed by atoms with Gasteiger partial charge in [0.2, 0.25) is 0 Å². The Morgan fingerprint density at radius 2 is 1.83 bits per heavy atom. The fraction of sp³-hybridized carbons (Fsp3) is 0.222. The zero-order valence-corrected chi connectivity index (χ0v) is 12.3. The van der Waals surface area contributed by atoms with E-state index in [2.05, 4.69) is 0 Å². The molecule has 2 aromatic rings. The molecule has 0 bridgehead atoms. The summed E-state index contributed by atoms with van der Waals surface area (Å²) in [6.07, 6.45) is -0.0706. The molecule has 23 heavy (non-hydrogen) atoms. The highest BCUT2D eigenvalue weighted by molar-refractivity contribution is 6.01. The number of anilines is 1. The van der Waals surface area contributed by atoms with E-state index in [1.807, 2.05) is 30.3 Å². The molecule has 2 aliphatic rings. The number of carboxylic acids is 1. The highest BCUT2D eigenvalue weighted by Gasteiger charge is 2.40. The fourth-order valence-corrected chi connectivity index (χ4v) is 3.32. The van der Waals surface area contributed by atoms with Crippen LogP contribution in [0.2, 0.25) is 0 Å². The van der Waals surface area contributed by atoms with Crippen LogP contribution in [0, 0.1) is 0 Å². The Labute approximate surface area is 133 Å². The second-order valence-corrected chi connectivity index (χ2v) is 5.82. The Morgan fingerprint density at radius 1 is 1.09 bits per heavy atom. The monoisotopic (exact) mass is 309 g/mol. The molecular weight excluding hydrogens is 294 g/mol. The number of aliphatic carboxylic acids is 1. The summed E-state index contributed by atoms with van der Waals surface area (Å²) in [5, 5.41) is 9.40. The largest absolute Gasteiger partial charge is 0.481 e. The van der Waals surface area contributed by atoms with Crippen molar-refractivity contribution in [2.24, 2.45) is 0 Å². The van der Waals surface area contributed by atoms with Crippen LogP contribution >= 0.6 is 0 Å². The number of carbonyl (C=O) groups excluding carboxylic acids is 1. The summed E-state index contributed by atoms with van der Waals surface area (Å²) in [5.74, 6) is -1.05. The van der Waals surface area contributed by atoms with Crippen LogP contribution in [0.15, 0.2) is 48.5 Å². The number of benzene rings is 2. The van der Waals surface area contributed by atoms with Gasteiger partial charge >= 0.3 is 5.97 Å². The molecule has 0 spiro atoms. The SMILES string of the molecule is O=C(O)C1CN(C(=O)C2Cc3ccccc3O2)c2ccccc21. The molecule has 2 aliphatic heterocycles. The highest BCUT2D eigenvalue weighted by atomic mass is 16.5. The molecule has 0 saturated heterocycles. The molecule has 1 N–H and O–H groups in total. The summed E-state index contributed by atoms with van der Waals surface area (Å²) >= 11 is 0. The van der Waals surface area contributed by atoms with E-state index in [4.69, 9.17) is 4.74 Å². The number of hydrogen-bond donors (Lipinski definition) is 1. The van der Waals surface area contributed by atoms with E-state index in [0.717, 1.165) is 11.3 Å². The van der Waals surface area contributed by atoms with Crippen molar-refractivity contribution in [2.45, 2.75) is 18.4 Å². The Kier molecular flexibility index (Phi) is 3.08. The van der Waals surface area contributed by atoms with Crippen LogP contribution < -0.4 is 9.64 Å². The van der Waals surface area contributed by atoms with E-state index < -0.39 is 18.0 Å². The summed E-state index contributed by atoms with van der Waals surface area (Å²) in [6, 6.07) is 14.8. The number of carboxylic acid groups (broad SMARTS) is 1. The average Bonchev–Trinajstić information content (AvgIpc) is 3.16. The van der Waals surface area contributed by atoms with E-state index in [-0.39, 0.29) is 12.5 Å². The van der Waals surface area contributed by atoms with Gasteiger partial charge in [-0.05, 0) is 23.3 Å². The normalized spacial score (nSPS) is 21.5. The quantitative estimate of drug-likeness (QED) is 0.923. The van der Waals surface area contributed by atoms with Crippen molar-refractivity contribution < 1.29 is 19.4 Å². The van der Waals surface area contributed by atoms with Gasteiger partial charge in [0.05, 0.1) is 0 Å². The summed E-state index contributed by atoms with van der Waals surface area (Å²) in [4.78, 5) is 25.9. The molecule has 2 aromatic carbocycles. The fourth-order valence-electron chi connectivity index (χ4n) is 3.32. The van der Waals surface area contributed by atoms with Crippen molar-refractivity contribution in [1.82, 2.24) is 0 Å². The van der Waals surface area contributed by atoms with Crippen molar-refractivity contribution in [3.05, 3.63) is 59.7 Å². The van der Waals surface area contributed by atoms with Crippen molar-refractivity contribution in [3.8, 4) is 5.75 Å². The minimum atomic E-state index is -0.914. The predicted molar refractivity (Wildman–Crippen MR) is 83.7 cm³/mol. The predicted octanol–water partition coefficient (Wildman–Crippen LogP) is 2.21. The van der Waals surface area contributed by atoms with Crippen molar-refractivity contribution >= 4 is 17.6 Å². The van der Waals surface area contributed by atoms with Gasteiger partial charge in [-0.3, -0.25) is 9.59 Å². The first-order valence-corrected chi connectivity index (χ1v) is 7.53. The first kappa shape index (κ1) is 13.8. The number of carbonyl (C=O) groups is 2. The van der Waals surface area contributed by atoms with E-state index >= 15 is 0 Å². The Balaban J connectivity index is 1.62. The molecule has 1 amide bonds. The molecule has 0 saturated carbocycles. The van der Waals surface area contributed by atoms with Crippen molar-refractivity contribution in [1.29, 1.82) is 0 Å². The highest BCUT2D eigenvalue weighted by Crippen LogP contribution is 2.38. The van der Waals surface area contributed by atoms with Gasteiger partial charge in [-0.2, -0.15) is 0 Å². The molecule has 116 valence electrons. The van der Waals surface area contributed by atoms with Crippen molar-refractivity contribution in [3.63, 3.8) is 0 Å². The number of ether oxygens (including phenoxy) is 1. The number of hydrogen-bond acceptors (Lipinski definition) is 3. The molecular formula is C18H15NO4. The Morgan fingerprint density at radius 3 is 2.61 bits per heavy atom. The molecule has 0 aromatic heterocycles. The number of fused-ring (bicyclic) bond motifs is 2. The molecule has 0 radical (unpaired) electrons. The second kappa shape index (κ2) is 5.12. The summed E-state index contributed by atoms with van der Waals surface area (Å²) in [7, 11) is 0. The van der Waals surface area contributed by atoms with Crippen LogP contribution in [0.1, 0.15) is 17.0 Å². The molecule has 5 nitrogen and oxygen atoms in total. The molecule has 2 atom stereocenters. The number of amides is 1. The molecule has 2 unspecified atom stereocenters. The molecule has 5 heteroatoms. The lowest BCUT2D eigenvalue weighted by atomic mass is 10.0. The van der Waals surface area contributed by atoms with Gasteiger partial charge in [-0.25, -0.2) is 0 Å². The lowest BCUT2D eigenvalue weighted by molar-refractivity contribution is -0.138. The van der Waals surface area contributed by atoms with Crippen molar-refractivity contribution in [2.75, 3.05) is 11.4 Å². The zero-order chi connectivity index (χ0) is 16.0. The third kappa shape index (κ3) is 2.16. The maximum atomic E-state index is 12.9. The summed E-state index contributed by atoms with van der Waals surface area (Å²) < 4.78 is 5.75. The minimum absolute atomic E-state index is 0.156. The average molecular weight is 309 g/mol. The molecule has 4 rings (SSSR count).